The van der Waals surface area contributed by atoms with Gasteiger partial charge in [0.15, 0.2) is 5.76 Å². The normalized spacial score (nSPS) is 21.3. The zero-order chi connectivity index (χ0) is 30.3. The van der Waals surface area contributed by atoms with E-state index in [9.17, 15) is 14.7 Å². The lowest BCUT2D eigenvalue weighted by molar-refractivity contribution is -0.0115. The van der Waals surface area contributed by atoms with E-state index in [-0.39, 0.29) is 36.7 Å². The van der Waals surface area contributed by atoms with E-state index in [1.54, 1.807) is 30.7 Å². The second-order valence-corrected chi connectivity index (χ2v) is 11.4. The number of fused-ring (bicyclic) bond motifs is 1. The number of amides is 3. The molecule has 1 aromatic carbocycles. The Kier molecular flexibility index (Phi) is 11.4. The van der Waals surface area contributed by atoms with Gasteiger partial charge in [-0.2, -0.15) is 0 Å². The van der Waals surface area contributed by atoms with E-state index in [2.05, 4.69) is 10.5 Å². The van der Waals surface area contributed by atoms with Gasteiger partial charge in [-0.25, -0.2) is 4.79 Å². The van der Waals surface area contributed by atoms with Crippen LogP contribution in [-0.4, -0.2) is 97.7 Å². The van der Waals surface area contributed by atoms with Crippen LogP contribution in [0.4, 0.5) is 16.2 Å². The van der Waals surface area contributed by atoms with Crippen LogP contribution < -0.4 is 15.0 Å². The summed E-state index contributed by atoms with van der Waals surface area (Å²) >= 11 is 0. The van der Waals surface area contributed by atoms with Gasteiger partial charge in [0.25, 0.3) is 5.91 Å². The van der Waals surface area contributed by atoms with Crippen molar-refractivity contribution < 1.29 is 28.7 Å². The maximum absolute atomic E-state index is 14.1. The molecule has 1 aliphatic heterocycles. The molecule has 0 spiro atoms. The van der Waals surface area contributed by atoms with E-state index in [0.29, 0.717) is 48.2 Å². The Morgan fingerprint density at radius 3 is 2.59 bits per heavy atom. The molecule has 0 fully saturated rings. The second-order valence-electron chi connectivity index (χ2n) is 11.4. The Hall–Kier alpha value is -3.31. The Bertz CT molecular complexity index is 1150. The predicted molar refractivity (Wildman–Crippen MR) is 159 cm³/mol. The molecule has 11 nitrogen and oxygen atoms in total. The fourth-order valence-electron chi connectivity index (χ4n) is 4.87. The molecule has 0 saturated carbocycles. The number of benzene rings is 1. The highest BCUT2D eigenvalue weighted by atomic mass is 16.5. The molecule has 0 radical (unpaired) electrons. The van der Waals surface area contributed by atoms with E-state index in [0.717, 1.165) is 24.9 Å². The molecule has 1 aromatic heterocycles. The van der Waals surface area contributed by atoms with Crippen LogP contribution in [0.2, 0.25) is 0 Å². The smallest absolute Gasteiger partial charge is 0.321 e. The highest BCUT2D eigenvalue weighted by Crippen LogP contribution is 2.29. The van der Waals surface area contributed by atoms with Crippen molar-refractivity contribution in [1.82, 2.24) is 15.0 Å². The van der Waals surface area contributed by atoms with Crippen LogP contribution in [0.25, 0.3) is 0 Å². The minimum absolute atomic E-state index is 0.0905. The van der Waals surface area contributed by atoms with Gasteiger partial charge in [-0.05, 0) is 65.2 Å². The molecule has 2 aromatic rings. The van der Waals surface area contributed by atoms with Crippen molar-refractivity contribution >= 4 is 23.3 Å². The maximum atomic E-state index is 14.1. The van der Waals surface area contributed by atoms with Crippen LogP contribution in [0.5, 0.6) is 5.75 Å². The minimum Gasteiger partial charge on any atom is -0.490 e. The van der Waals surface area contributed by atoms with Crippen molar-refractivity contribution in [1.29, 1.82) is 0 Å². The average molecular weight is 574 g/mol. The number of urea groups is 1. The predicted octanol–water partition coefficient (Wildman–Crippen LogP) is 4.32. The third-order valence-electron chi connectivity index (χ3n) is 7.62. The van der Waals surface area contributed by atoms with Gasteiger partial charge >= 0.3 is 6.03 Å². The Labute approximate surface area is 243 Å². The first-order valence-electron chi connectivity index (χ1n) is 14.4. The highest BCUT2D eigenvalue weighted by molar-refractivity contribution is 5.98. The number of carbonyl (C=O) groups excluding carboxylic acids is 2. The van der Waals surface area contributed by atoms with E-state index in [1.807, 2.05) is 58.0 Å². The summed E-state index contributed by atoms with van der Waals surface area (Å²) in [5.41, 5.74) is 2.50. The van der Waals surface area contributed by atoms with Gasteiger partial charge in [0.2, 0.25) is 0 Å². The lowest BCUT2D eigenvalue weighted by atomic mass is 10.0. The number of anilines is 2. The first-order chi connectivity index (χ1) is 19.4. The van der Waals surface area contributed by atoms with Gasteiger partial charge in [0.05, 0.1) is 30.4 Å². The summed E-state index contributed by atoms with van der Waals surface area (Å²) in [5, 5.41) is 16.9. The summed E-state index contributed by atoms with van der Waals surface area (Å²) in [6.07, 6.45) is 2.11. The summed E-state index contributed by atoms with van der Waals surface area (Å²) in [6, 6.07) is 4.90. The Morgan fingerprint density at radius 2 is 1.95 bits per heavy atom. The lowest BCUT2D eigenvalue weighted by Crippen LogP contribution is -2.48. The quantitative estimate of drug-likeness (QED) is 0.524. The number of carbonyl (C=O) groups is 2. The zero-order valence-corrected chi connectivity index (χ0v) is 25.8. The molecule has 3 amide bonds. The van der Waals surface area contributed by atoms with E-state index in [1.165, 1.54) is 0 Å². The first kappa shape index (κ1) is 32.2. The van der Waals surface area contributed by atoms with Gasteiger partial charge in [-0.3, -0.25) is 4.79 Å². The topological polar surface area (TPSA) is 121 Å². The summed E-state index contributed by atoms with van der Waals surface area (Å²) in [4.78, 5) is 32.4. The van der Waals surface area contributed by atoms with Gasteiger partial charge in [0.1, 0.15) is 17.1 Å². The highest BCUT2D eigenvalue weighted by Gasteiger charge is 2.31. The van der Waals surface area contributed by atoms with Crippen molar-refractivity contribution in [2.24, 2.45) is 5.92 Å². The molecule has 0 unspecified atom stereocenters. The number of nitrogens with one attached hydrogen (secondary N) is 1. The first-order valence-corrected chi connectivity index (χ1v) is 14.4. The molecule has 3 rings (SSSR count). The molecular weight excluding hydrogens is 526 g/mol. The van der Waals surface area contributed by atoms with Gasteiger partial charge in [-0.1, -0.05) is 12.1 Å². The number of aliphatic hydroxyl groups excluding tert-OH is 1. The largest absolute Gasteiger partial charge is 0.490 e. The van der Waals surface area contributed by atoms with Crippen LogP contribution in [0.1, 0.15) is 61.8 Å². The number of ether oxygens (including phenoxy) is 2. The molecule has 2 N–H and O–H groups in total. The standard InChI is InChI=1S/C30H47N5O6/c1-19-16-35(20(2)18-36)29(37)25-15-24(33(6)7)12-13-26(25)40-21(3)11-9-10-14-39-27(19)17-34(8)30(38)31-28-22(4)32-41-23(28)5/h12-13,15,19-21,27,36H,9-11,14,16-18H2,1-8H3,(H,31,38)/t19-,20-,21+,27-/m1/s1. The van der Waals surface area contributed by atoms with Crippen LogP contribution in [0, 0.1) is 19.8 Å². The van der Waals surface area contributed by atoms with Crippen molar-refractivity contribution in [3.8, 4) is 5.75 Å². The van der Waals surface area contributed by atoms with Gasteiger partial charge < -0.3 is 39.1 Å². The molecule has 2 heterocycles. The summed E-state index contributed by atoms with van der Waals surface area (Å²) in [6.45, 7) is 10.3. The molecule has 0 aliphatic carbocycles. The maximum Gasteiger partial charge on any atom is 0.321 e. The fraction of sp³-hybridized carbons (Fsp3) is 0.633. The molecule has 0 bridgehead atoms. The van der Waals surface area contributed by atoms with Crippen LogP contribution in [0.3, 0.4) is 0 Å². The summed E-state index contributed by atoms with van der Waals surface area (Å²) in [5.74, 6) is 0.710. The second kappa shape index (κ2) is 14.5. The number of rotatable bonds is 6. The molecule has 4 atom stereocenters. The van der Waals surface area contributed by atoms with E-state index >= 15 is 0 Å². The number of aliphatic hydroxyl groups is 1. The number of aryl methyl sites for hydroxylation is 2. The fourth-order valence-corrected chi connectivity index (χ4v) is 4.87. The molecule has 0 saturated heterocycles. The average Bonchev–Trinajstić information content (AvgIpc) is 3.25. The monoisotopic (exact) mass is 573 g/mol. The molecule has 1 aliphatic rings. The van der Waals surface area contributed by atoms with Crippen LogP contribution in [-0.2, 0) is 4.74 Å². The molecule has 41 heavy (non-hydrogen) atoms. The van der Waals surface area contributed by atoms with Gasteiger partial charge in [0, 0.05) is 52.4 Å². The van der Waals surface area contributed by atoms with E-state index < -0.39 is 6.04 Å². The molecular formula is C30H47N5O6. The molecule has 11 heteroatoms. The van der Waals surface area contributed by atoms with Crippen LogP contribution >= 0.6 is 0 Å². The number of hydrogen-bond acceptors (Lipinski definition) is 8. The summed E-state index contributed by atoms with van der Waals surface area (Å²) in [7, 11) is 5.57. The Balaban J connectivity index is 1.89. The van der Waals surface area contributed by atoms with Crippen molar-refractivity contribution in [3.05, 3.63) is 35.2 Å². The number of likely N-dealkylation sites (N-methyl/N-ethyl adjacent to an activating group) is 1. The van der Waals surface area contributed by atoms with Crippen molar-refractivity contribution in [2.75, 3.05) is 57.7 Å². The van der Waals surface area contributed by atoms with E-state index in [4.69, 9.17) is 14.0 Å². The number of nitrogens with zero attached hydrogens (tertiary/aromatic N) is 4. The van der Waals surface area contributed by atoms with Gasteiger partial charge in [-0.15, -0.1) is 0 Å². The summed E-state index contributed by atoms with van der Waals surface area (Å²) < 4.78 is 17.8. The lowest BCUT2D eigenvalue weighted by Gasteiger charge is -2.36. The molecule has 228 valence electrons. The van der Waals surface area contributed by atoms with Crippen LogP contribution in [0.15, 0.2) is 22.7 Å². The third-order valence-corrected chi connectivity index (χ3v) is 7.62. The zero-order valence-electron chi connectivity index (χ0n) is 25.8. The Morgan fingerprint density at radius 1 is 1.22 bits per heavy atom. The van der Waals surface area contributed by atoms with Crippen molar-refractivity contribution in [2.45, 2.75) is 72.1 Å². The number of aromatic nitrogens is 1. The number of hydrogen-bond donors (Lipinski definition) is 2. The van der Waals surface area contributed by atoms with Crippen molar-refractivity contribution in [3.63, 3.8) is 0 Å². The SMILES string of the molecule is Cc1noc(C)c1NC(=O)N(C)C[C@H]1OCCCC[C@H](C)Oc2ccc(N(C)C)cc2C(=O)N([C@H](C)CO)C[C@H]1C. The minimum atomic E-state index is -0.438. The third kappa shape index (κ3) is 8.36.